The van der Waals surface area contributed by atoms with E-state index < -0.39 is 0 Å². The van der Waals surface area contributed by atoms with Gasteiger partial charge >= 0.3 is 0 Å². The Balaban J connectivity index is 0.000000180. The number of nitrogens with zero attached hydrogens (tertiary/aromatic N) is 2. The van der Waals surface area contributed by atoms with Crippen LogP contribution in [0.3, 0.4) is 0 Å². The summed E-state index contributed by atoms with van der Waals surface area (Å²) in [6, 6.07) is 5.67. The third-order valence-corrected chi connectivity index (χ3v) is 4.80. The van der Waals surface area contributed by atoms with Crippen molar-refractivity contribution >= 4 is 32.5 Å². The molecular formula is C19H22N4O2S. The van der Waals surface area contributed by atoms with Crippen LogP contribution >= 0.6 is 11.3 Å². The molecule has 0 amide bonds. The lowest BCUT2D eigenvalue weighted by atomic mass is 10.1. The number of rotatable bonds is 0. The molecule has 7 heteroatoms. The minimum absolute atomic E-state index is 0. The number of fused-ring (bicyclic) bond motifs is 2. The van der Waals surface area contributed by atoms with E-state index in [-0.39, 0.29) is 18.5 Å². The second-order valence-corrected chi connectivity index (χ2v) is 6.73. The topological polar surface area (TPSA) is 91.5 Å². The molecular weight excluding hydrogens is 348 g/mol. The normalized spacial score (nSPS) is 10.3. The van der Waals surface area contributed by atoms with E-state index in [0.29, 0.717) is 17.0 Å². The minimum Gasteiger partial charge on any atom is -0.310 e. The zero-order valence-electron chi connectivity index (χ0n) is 14.4. The summed E-state index contributed by atoms with van der Waals surface area (Å²) < 4.78 is 0. The molecule has 6 nitrogen and oxygen atoms in total. The molecule has 0 saturated heterocycles. The summed E-state index contributed by atoms with van der Waals surface area (Å²) in [6.07, 6.45) is 0. The predicted octanol–water partition coefficient (Wildman–Crippen LogP) is 3.78. The lowest BCUT2D eigenvalue weighted by Crippen LogP contribution is -2.10. The molecule has 0 aliphatic carbocycles. The SMILES string of the molecule is C.Cc1nc2cccc(C)c2c(=O)[nH]1.Cc1nc2scc(C)c2c(=O)[nH]1. The Morgan fingerprint density at radius 3 is 2.15 bits per heavy atom. The molecule has 26 heavy (non-hydrogen) atoms. The Labute approximate surface area is 155 Å². The highest BCUT2D eigenvalue weighted by atomic mass is 32.1. The van der Waals surface area contributed by atoms with Gasteiger partial charge in [0.2, 0.25) is 0 Å². The van der Waals surface area contributed by atoms with E-state index in [1.165, 1.54) is 11.3 Å². The average molecular weight is 370 g/mol. The van der Waals surface area contributed by atoms with Crippen molar-refractivity contribution in [2.45, 2.75) is 35.1 Å². The van der Waals surface area contributed by atoms with Gasteiger partial charge in [0.25, 0.3) is 11.1 Å². The Hall–Kier alpha value is -2.80. The standard InChI is InChI=1S/C10H10N2O.C8H8N2OS.CH4/c1-6-4-3-5-8-9(6)10(13)12-7(2)11-8;1-4-3-12-8-6(4)7(11)9-5(2)10-8;/h3-5H,1-2H3,(H,11,12,13);3H,1-2H3,(H,9,10,11);1H4. The fourth-order valence-electron chi connectivity index (χ4n) is 2.67. The molecule has 0 fully saturated rings. The van der Waals surface area contributed by atoms with Crippen LogP contribution < -0.4 is 11.1 Å². The van der Waals surface area contributed by atoms with E-state index >= 15 is 0 Å². The number of thiophene rings is 1. The molecule has 0 bridgehead atoms. The summed E-state index contributed by atoms with van der Waals surface area (Å²) in [4.78, 5) is 37.6. The largest absolute Gasteiger partial charge is 0.310 e. The fourth-order valence-corrected chi connectivity index (χ4v) is 3.64. The van der Waals surface area contributed by atoms with Crippen LogP contribution in [0.15, 0.2) is 33.2 Å². The number of aryl methyl sites for hydroxylation is 4. The number of H-pyrrole nitrogens is 2. The molecule has 3 aromatic heterocycles. The highest BCUT2D eigenvalue weighted by molar-refractivity contribution is 7.16. The van der Waals surface area contributed by atoms with Crippen LogP contribution in [-0.4, -0.2) is 19.9 Å². The van der Waals surface area contributed by atoms with E-state index in [0.717, 1.165) is 26.9 Å². The molecule has 4 aromatic rings. The van der Waals surface area contributed by atoms with Crippen LogP contribution in [0.1, 0.15) is 30.2 Å². The van der Waals surface area contributed by atoms with Crippen molar-refractivity contribution < 1.29 is 0 Å². The van der Waals surface area contributed by atoms with Crippen LogP contribution in [0.25, 0.3) is 21.1 Å². The first-order valence-corrected chi connectivity index (χ1v) is 8.65. The van der Waals surface area contributed by atoms with Gasteiger partial charge in [-0.15, -0.1) is 11.3 Å². The quantitative estimate of drug-likeness (QED) is 0.493. The average Bonchev–Trinajstić information content (AvgIpc) is 2.88. The van der Waals surface area contributed by atoms with Crippen molar-refractivity contribution in [2.24, 2.45) is 0 Å². The van der Waals surface area contributed by atoms with Gasteiger partial charge in [-0.1, -0.05) is 19.6 Å². The van der Waals surface area contributed by atoms with Crippen LogP contribution in [0.2, 0.25) is 0 Å². The van der Waals surface area contributed by atoms with Gasteiger partial charge in [-0.2, -0.15) is 0 Å². The maximum Gasteiger partial charge on any atom is 0.259 e. The number of nitrogens with one attached hydrogen (secondary N) is 2. The zero-order chi connectivity index (χ0) is 18.1. The molecule has 3 heterocycles. The van der Waals surface area contributed by atoms with E-state index in [1.807, 2.05) is 37.4 Å². The number of hydrogen-bond acceptors (Lipinski definition) is 5. The molecule has 0 unspecified atom stereocenters. The molecule has 0 radical (unpaired) electrons. The molecule has 0 aliphatic rings. The van der Waals surface area contributed by atoms with Gasteiger partial charge in [0, 0.05) is 0 Å². The van der Waals surface area contributed by atoms with Gasteiger partial charge in [0.15, 0.2) is 0 Å². The fraction of sp³-hybridized carbons (Fsp3) is 0.263. The second kappa shape index (κ2) is 7.61. The Bertz CT molecular complexity index is 1190. The highest BCUT2D eigenvalue weighted by Crippen LogP contribution is 2.19. The first kappa shape index (κ1) is 19.5. The maximum atomic E-state index is 11.5. The van der Waals surface area contributed by atoms with Crippen molar-refractivity contribution in [3.05, 3.63) is 67.1 Å². The van der Waals surface area contributed by atoms with Crippen LogP contribution in [0.4, 0.5) is 0 Å². The molecule has 136 valence electrons. The van der Waals surface area contributed by atoms with Gasteiger partial charge < -0.3 is 9.97 Å². The Morgan fingerprint density at radius 1 is 0.846 bits per heavy atom. The highest BCUT2D eigenvalue weighted by Gasteiger charge is 2.05. The van der Waals surface area contributed by atoms with Gasteiger partial charge in [0.05, 0.1) is 16.3 Å². The third kappa shape index (κ3) is 3.72. The monoisotopic (exact) mass is 370 g/mol. The van der Waals surface area contributed by atoms with E-state index in [4.69, 9.17) is 0 Å². The van der Waals surface area contributed by atoms with Gasteiger partial charge in [-0.3, -0.25) is 9.59 Å². The van der Waals surface area contributed by atoms with Gasteiger partial charge in [-0.05, 0) is 50.3 Å². The van der Waals surface area contributed by atoms with E-state index in [2.05, 4.69) is 19.9 Å². The van der Waals surface area contributed by atoms with E-state index in [1.54, 1.807) is 13.8 Å². The number of aromatic amines is 2. The van der Waals surface area contributed by atoms with Crippen LogP contribution in [-0.2, 0) is 0 Å². The maximum absolute atomic E-state index is 11.5. The van der Waals surface area contributed by atoms with Gasteiger partial charge in [-0.25, -0.2) is 9.97 Å². The lowest BCUT2D eigenvalue weighted by molar-refractivity contribution is 1.06. The summed E-state index contributed by atoms with van der Waals surface area (Å²) in [7, 11) is 0. The molecule has 0 spiro atoms. The minimum atomic E-state index is -0.0550. The summed E-state index contributed by atoms with van der Waals surface area (Å²) in [5.74, 6) is 1.33. The number of hydrogen-bond donors (Lipinski definition) is 2. The van der Waals surface area contributed by atoms with E-state index in [9.17, 15) is 9.59 Å². The first-order valence-electron chi connectivity index (χ1n) is 7.78. The smallest absolute Gasteiger partial charge is 0.259 e. The predicted molar refractivity (Wildman–Crippen MR) is 108 cm³/mol. The molecule has 1 aromatic carbocycles. The summed E-state index contributed by atoms with van der Waals surface area (Å²) in [5.41, 5.74) is 2.65. The summed E-state index contributed by atoms with van der Waals surface area (Å²) in [5, 5.41) is 3.37. The second-order valence-electron chi connectivity index (χ2n) is 5.87. The van der Waals surface area contributed by atoms with Gasteiger partial charge in [0.1, 0.15) is 16.5 Å². The summed E-state index contributed by atoms with van der Waals surface area (Å²) in [6.45, 7) is 7.40. The number of aromatic nitrogens is 4. The van der Waals surface area contributed by atoms with Crippen molar-refractivity contribution in [2.75, 3.05) is 0 Å². The molecule has 0 saturated carbocycles. The van der Waals surface area contributed by atoms with Crippen LogP contribution in [0, 0.1) is 27.7 Å². The molecule has 4 rings (SSSR count). The number of benzene rings is 1. The van der Waals surface area contributed by atoms with Crippen molar-refractivity contribution in [3.63, 3.8) is 0 Å². The van der Waals surface area contributed by atoms with Crippen molar-refractivity contribution in [1.29, 1.82) is 0 Å². The molecule has 2 N–H and O–H groups in total. The Kier molecular flexibility index (Phi) is 5.72. The van der Waals surface area contributed by atoms with Crippen molar-refractivity contribution in [1.82, 2.24) is 19.9 Å². The third-order valence-electron chi connectivity index (χ3n) is 3.81. The zero-order valence-corrected chi connectivity index (χ0v) is 15.2. The first-order chi connectivity index (χ1) is 11.9. The van der Waals surface area contributed by atoms with Crippen LogP contribution in [0.5, 0.6) is 0 Å². The summed E-state index contributed by atoms with van der Waals surface area (Å²) >= 11 is 1.51. The lowest BCUT2D eigenvalue weighted by Gasteiger charge is -2.00. The van der Waals surface area contributed by atoms with Crippen molar-refractivity contribution in [3.8, 4) is 0 Å². The molecule has 0 aliphatic heterocycles. The molecule has 0 atom stereocenters. The Morgan fingerprint density at radius 2 is 1.46 bits per heavy atom.